The SMILES string of the molecule is CS(=O)(=O)N(CC(=O)Nc1cc(F)ccc1F)Cc1ccc(Cl)c(Cl)c1. The third kappa shape index (κ3) is 5.63. The Kier molecular flexibility index (Phi) is 6.57. The molecule has 26 heavy (non-hydrogen) atoms. The van der Waals surface area contributed by atoms with Crippen LogP contribution >= 0.6 is 23.2 Å². The maximum absolute atomic E-state index is 13.6. The summed E-state index contributed by atoms with van der Waals surface area (Å²) in [5.41, 5.74) is 0.132. The van der Waals surface area contributed by atoms with E-state index >= 15 is 0 Å². The van der Waals surface area contributed by atoms with Gasteiger partial charge in [-0.05, 0) is 29.8 Å². The molecule has 0 fully saturated rings. The van der Waals surface area contributed by atoms with Crippen LogP contribution in [0.5, 0.6) is 0 Å². The number of nitrogens with zero attached hydrogens (tertiary/aromatic N) is 1. The molecule has 2 aromatic carbocycles. The van der Waals surface area contributed by atoms with Crippen molar-refractivity contribution in [3.8, 4) is 0 Å². The van der Waals surface area contributed by atoms with E-state index in [-0.39, 0.29) is 17.3 Å². The predicted octanol–water partition coefficient (Wildman–Crippen LogP) is 3.67. The average Bonchev–Trinajstić information content (AvgIpc) is 2.53. The summed E-state index contributed by atoms with van der Waals surface area (Å²) in [6.45, 7) is -0.732. The molecule has 2 aromatic rings. The fourth-order valence-electron chi connectivity index (χ4n) is 2.08. The first-order chi connectivity index (χ1) is 12.1. The normalized spacial score (nSPS) is 11.6. The zero-order valence-electron chi connectivity index (χ0n) is 13.5. The molecule has 0 aliphatic heterocycles. The van der Waals surface area contributed by atoms with Gasteiger partial charge in [0.2, 0.25) is 15.9 Å². The summed E-state index contributed by atoms with van der Waals surface area (Å²) in [5, 5.41) is 2.70. The number of nitrogens with one attached hydrogen (secondary N) is 1. The fraction of sp³-hybridized carbons (Fsp3) is 0.188. The van der Waals surface area contributed by atoms with Gasteiger partial charge in [0.25, 0.3) is 0 Å². The van der Waals surface area contributed by atoms with Crippen molar-refractivity contribution in [1.29, 1.82) is 0 Å². The van der Waals surface area contributed by atoms with Crippen LogP contribution in [0.15, 0.2) is 36.4 Å². The van der Waals surface area contributed by atoms with Crippen LogP contribution < -0.4 is 5.32 Å². The number of anilines is 1. The van der Waals surface area contributed by atoms with Crippen LogP contribution in [0.2, 0.25) is 10.0 Å². The van der Waals surface area contributed by atoms with Crippen molar-refractivity contribution in [2.75, 3.05) is 18.1 Å². The van der Waals surface area contributed by atoms with E-state index < -0.39 is 34.1 Å². The van der Waals surface area contributed by atoms with Crippen molar-refractivity contribution < 1.29 is 22.0 Å². The van der Waals surface area contributed by atoms with Crippen molar-refractivity contribution in [2.24, 2.45) is 0 Å². The second-order valence-electron chi connectivity index (χ2n) is 5.45. The van der Waals surface area contributed by atoms with Gasteiger partial charge in [-0.2, -0.15) is 4.31 Å². The Morgan fingerprint density at radius 1 is 1.12 bits per heavy atom. The van der Waals surface area contributed by atoms with Crippen LogP contribution in [0.3, 0.4) is 0 Å². The Morgan fingerprint density at radius 3 is 2.42 bits per heavy atom. The Balaban J connectivity index is 2.16. The van der Waals surface area contributed by atoms with Crippen LogP contribution in [0.25, 0.3) is 0 Å². The Labute approximate surface area is 159 Å². The molecule has 10 heteroatoms. The van der Waals surface area contributed by atoms with Crippen molar-refractivity contribution in [2.45, 2.75) is 6.54 Å². The van der Waals surface area contributed by atoms with E-state index in [1.165, 1.54) is 12.1 Å². The molecule has 0 atom stereocenters. The largest absolute Gasteiger partial charge is 0.322 e. The molecule has 0 saturated carbocycles. The van der Waals surface area contributed by atoms with Gasteiger partial charge in [-0.25, -0.2) is 17.2 Å². The average molecular weight is 423 g/mol. The number of sulfonamides is 1. The van der Waals surface area contributed by atoms with Crippen LogP contribution in [-0.2, 0) is 21.4 Å². The summed E-state index contributed by atoms with van der Waals surface area (Å²) >= 11 is 11.7. The van der Waals surface area contributed by atoms with Gasteiger partial charge in [-0.15, -0.1) is 0 Å². The first kappa shape index (κ1) is 20.6. The minimum Gasteiger partial charge on any atom is -0.322 e. The lowest BCUT2D eigenvalue weighted by Gasteiger charge is -2.20. The van der Waals surface area contributed by atoms with E-state index in [1.807, 2.05) is 0 Å². The molecule has 0 aliphatic rings. The van der Waals surface area contributed by atoms with E-state index in [4.69, 9.17) is 23.2 Å². The van der Waals surface area contributed by atoms with Crippen LogP contribution in [0.4, 0.5) is 14.5 Å². The maximum atomic E-state index is 13.6. The number of hydrogen-bond acceptors (Lipinski definition) is 3. The number of carbonyl (C=O) groups excluding carboxylic acids is 1. The van der Waals surface area contributed by atoms with E-state index in [1.54, 1.807) is 6.07 Å². The summed E-state index contributed by atoms with van der Waals surface area (Å²) in [5.74, 6) is -2.40. The molecule has 1 N–H and O–H groups in total. The lowest BCUT2D eigenvalue weighted by molar-refractivity contribution is -0.116. The monoisotopic (exact) mass is 422 g/mol. The molecule has 0 aliphatic carbocycles. The number of hydrogen-bond donors (Lipinski definition) is 1. The second kappa shape index (κ2) is 8.30. The number of amides is 1. The number of carbonyl (C=O) groups is 1. The third-order valence-electron chi connectivity index (χ3n) is 3.33. The summed E-state index contributed by atoms with van der Waals surface area (Å²) in [7, 11) is -3.76. The molecule has 0 saturated heterocycles. The van der Waals surface area contributed by atoms with Crippen LogP contribution in [-0.4, -0.2) is 31.4 Å². The highest BCUT2D eigenvalue weighted by atomic mass is 35.5. The number of benzene rings is 2. The molecule has 0 unspecified atom stereocenters. The van der Waals surface area contributed by atoms with Gasteiger partial charge in [0.15, 0.2) is 0 Å². The van der Waals surface area contributed by atoms with Crippen molar-refractivity contribution in [3.63, 3.8) is 0 Å². The summed E-state index contributed by atoms with van der Waals surface area (Å²) in [6, 6.07) is 7.11. The highest BCUT2D eigenvalue weighted by Crippen LogP contribution is 2.23. The first-order valence-electron chi connectivity index (χ1n) is 7.20. The van der Waals surface area contributed by atoms with E-state index in [2.05, 4.69) is 5.32 Å². The second-order valence-corrected chi connectivity index (χ2v) is 8.25. The van der Waals surface area contributed by atoms with Gasteiger partial charge >= 0.3 is 0 Å². The Hall–Kier alpha value is -1.74. The van der Waals surface area contributed by atoms with Gasteiger partial charge in [-0.1, -0.05) is 29.3 Å². The molecular formula is C16H14Cl2F2N2O3S. The fourth-order valence-corrected chi connectivity index (χ4v) is 3.13. The molecular weight excluding hydrogens is 409 g/mol. The Bertz CT molecular complexity index is 939. The minimum absolute atomic E-state index is 0.144. The van der Waals surface area contributed by atoms with Gasteiger partial charge in [0.1, 0.15) is 11.6 Å². The molecule has 0 aromatic heterocycles. The minimum atomic E-state index is -3.76. The van der Waals surface area contributed by atoms with Crippen molar-refractivity contribution >= 4 is 44.8 Å². The molecule has 140 valence electrons. The zero-order valence-corrected chi connectivity index (χ0v) is 15.8. The first-order valence-corrected chi connectivity index (χ1v) is 9.80. The van der Waals surface area contributed by atoms with Gasteiger partial charge in [0.05, 0.1) is 28.5 Å². The smallest absolute Gasteiger partial charge is 0.239 e. The predicted molar refractivity (Wildman–Crippen MR) is 96.7 cm³/mol. The van der Waals surface area contributed by atoms with E-state index in [9.17, 15) is 22.0 Å². The van der Waals surface area contributed by atoms with E-state index in [0.717, 1.165) is 28.8 Å². The topological polar surface area (TPSA) is 66.5 Å². The standard InChI is InChI=1S/C16H14Cl2F2N2O3S/c1-26(24,25)22(8-10-2-4-12(17)13(18)6-10)9-16(23)21-15-7-11(19)3-5-14(15)20/h2-7H,8-9H2,1H3,(H,21,23). The summed E-state index contributed by atoms with van der Waals surface area (Å²) < 4.78 is 51.5. The molecule has 0 heterocycles. The van der Waals surface area contributed by atoms with Gasteiger partial charge < -0.3 is 5.32 Å². The number of halogens is 4. The van der Waals surface area contributed by atoms with Gasteiger partial charge in [0, 0.05) is 12.6 Å². The Morgan fingerprint density at radius 2 is 1.81 bits per heavy atom. The zero-order chi connectivity index (χ0) is 19.5. The summed E-state index contributed by atoms with van der Waals surface area (Å²) in [4.78, 5) is 12.1. The van der Waals surface area contributed by atoms with Crippen LogP contribution in [0, 0.1) is 11.6 Å². The van der Waals surface area contributed by atoms with Crippen LogP contribution in [0.1, 0.15) is 5.56 Å². The molecule has 5 nitrogen and oxygen atoms in total. The van der Waals surface area contributed by atoms with Gasteiger partial charge in [-0.3, -0.25) is 4.79 Å². The maximum Gasteiger partial charge on any atom is 0.239 e. The quantitative estimate of drug-likeness (QED) is 0.771. The lowest BCUT2D eigenvalue weighted by Crippen LogP contribution is -2.37. The van der Waals surface area contributed by atoms with E-state index in [0.29, 0.717) is 10.6 Å². The van der Waals surface area contributed by atoms with Crippen molar-refractivity contribution in [1.82, 2.24) is 4.31 Å². The highest BCUT2D eigenvalue weighted by Gasteiger charge is 2.21. The summed E-state index contributed by atoms with van der Waals surface area (Å²) in [6.07, 6.45) is 0.931. The highest BCUT2D eigenvalue weighted by molar-refractivity contribution is 7.88. The molecule has 0 radical (unpaired) electrons. The molecule has 0 bridgehead atoms. The molecule has 0 spiro atoms. The molecule has 2 rings (SSSR count). The molecule has 1 amide bonds. The lowest BCUT2D eigenvalue weighted by atomic mass is 10.2. The number of rotatable bonds is 6. The third-order valence-corrected chi connectivity index (χ3v) is 5.27. The van der Waals surface area contributed by atoms with Crippen molar-refractivity contribution in [3.05, 3.63) is 63.6 Å².